The Bertz CT molecular complexity index is 1310. The number of aliphatic hydroxyl groups excluding tert-OH is 1. The van der Waals surface area contributed by atoms with Gasteiger partial charge >= 0.3 is 6.09 Å². The highest BCUT2D eigenvalue weighted by molar-refractivity contribution is 7.89. The van der Waals surface area contributed by atoms with Gasteiger partial charge in [0.2, 0.25) is 10.0 Å². The highest BCUT2D eigenvalue weighted by atomic mass is 32.2. The highest BCUT2D eigenvalue weighted by Crippen LogP contribution is 2.30. The Labute approximate surface area is 228 Å². The first-order valence-electron chi connectivity index (χ1n) is 12.4. The van der Waals surface area contributed by atoms with E-state index in [1.807, 2.05) is 74.5 Å². The molecule has 3 N–H and O–H groups in total. The van der Waals surface area contributed by atoms with Gasteiger partial charge in [0.05, 0.1) is 9.82 Å². The number of carbonyl (C=O) groups is 1. The van der Waals surface area contributed by atoms with Crippen LogP contribution in [0.2, 0.25) is 0 Å². The minimum Gasteiger partial charge on any atom is -0.440 e. The summed E-state index contributed by atoms with van der Waals surface area (Å²) in [6, 6.07) is 22.7. The van der Waals surface area contributed by atoms with Gasteiger partial charge in [-0.3, -0.25) is 10.1 Å². The van der Waals surface area contributed by atoms with E-state index in [2.05, 4.69) is 0 Å². The van der Waals surface area contributed by atoms with E-state index in [-0.39, 0.29) is 35.9 Å². The molecule has 3 aromatic rings. The second-order valence-corrected chi connectivity index (χ2v) is 11.7. The topological polar surface area (TPSA) is 153 Å². The van der Waals surface area contributed by atoms with Crippen molar-refractivity contribution in [3.63, 3.8) is 0 Å². The fourth-order valence-corrected chi connectivity index (χ4v) is 6.06. The molecule has 0 aliphatic heterocycles. The van der Waals surface area contributed by atoms with Gasteiger partial charge in [0.15, 0.2) is 0 Å². The predicted octanol–water partition coefficient (Wildman–Crippen LogP) is 3.92. The lowest BCUT2D eigenvalue weighted by Gasteiger charge is -2.39. The molecule has 10 nitrogen and oxygen atoms in total. The van der Waals surface area contributed by atoms with Crippen molar-refractivity contribution < 1.29 is 28.0 Å². The number of rotatable bonds is 13. The summed E-state index contributed by atoms with van der Waals surface area (Å²) >= 11 is 0. The molecule has 0 unspecified atom stereocenters. The number of sulfonamides is 1. The van der Waals surface area contributed by atoms with E-state index in [9.17, 15) is 28.4 Å². The molecule has 3 rings (SSSR count). The number of nitrogens with zero attached hydrogens (tertiary/aromatic N) is 2. The normalized spacial score (nSPS) is 12.8. The Morgan fingerprint density at radius 2 is 1.44 bits per heavy atom. The van der Waals surface area contributed by atoms with Crippen LogP contribution in [0, 0.1) is 16.0 Å². The van der Waals surface area contributed by atoms with Gasteiger partial charge in [0.25, 0.3) is 5.69 Å². The zero-order chi connectivity index (χ0) is 28.6. The Hall–Kier alpha value is -3.80. The van der Waals surface area contributed by atoms with E-state index in [0.717, 1.165) is 39.7 Å². The summed E-state index contributed by atoms with van der Waals surface area (Å²) in [6.45, 7) is 3.28. The number of benzene rings is 3. The van der Waals surface area contributed by atoms with Crippen LogP contribution in [0.1, 0.15) is 25.0 Å². The van der Waals surface area contributed by atoms with Crippen LogP contribution in [-0.4, -0.2) is 53.6 Å². The van der Waals surface area contributed by atoms with E-state index in [1.54, 1.807) is 0 Å². The number of aliphatic hydroxyl groups is 1. The molecule has 11 heteroatoms. The van der Waals surface area contributed by atoms with Crippen molar-refractivity contribution in [3.05, 3.63) is 106 Å². The van der Waals surface area contributed by atoms with Crippen molar-refractivity contribution >= 4 is 21.8 Å². The molecule has 0 aliphatic rings. The molecule has 0 radical (unpaired) electrons. The lowest BCUT2D eigenvalue weighted by Crippen LogP contribution is -2.56. The summed E-state index contributed by atoms with van der Waals surface area (Å²) in [4.78, 5) is 22.4. The number of ether oxygens (including phenoxy) is 1. The molecule has 208 valence electrons. The maximum Gasteiger partial charge on any atom is 0.405 e. The Morgan fingerprint density at radius 1 is 0.949 bits per heavy atom. The van der Waals surface area contributed by atoms with Gasteiger partial charge in [-0.1, -0.05) is 74.5 Å². The maximum absolute atomic E-state index is 13.7. The van der Waals surface area contributed by atoms with Crippen LogP contribution in [0.25, 0.3) is 0 Å². The zero-order valence-electron chi connectivity index (χ0n) is 21.8. The van der Waals surface area contributed by atoms with Crippen LogP contribution >= 0.6 is 0 Å². The number of nitro groups is 1. The molecule has 0 fully saturated rings. The van der Waals surface area contributed by atoms with E-state index < -0.39 is 39.3 Å². The van der Waals surface area contributed by atoms with Crippen molar-refractivity contribution in [2.24, 2.45) is 11.7 Å². The Kier molecular flexibility index (Phi) is 9.79. The molecule has 39 heavy (non-hydrogen) atoms. The minimum absolute atomic E-state index is 0.0414. The number of carbonyl (C=O) groups excluding carboxylic acids is 1. The number of non-ortho nitro benzene ring substituents is 1. The zero-order valence-corrected chi connectivity index (χ0v) is 22.7. The summed E-state index contributed by atoms with van der Waals surface area (Å²) in [5, 5.41) is 22.8. The maximum atomic E-state index is 13.7. The van der Waals surface area contributed by atoms with E-state index in [0.29, 0.717) is 0 Å². The third kappa shape index (κ3) is 7.85. The van der Waals surface area contributed by atoms with Crippen molar-refractivity contribution in [3.8, 4) is 0 Å². The molecule has 0 spiro atoms. The van der Waals surface area contributed by atoms with Crippen molar-refractivity contribution in [1.29, 1.82) is 0 Å². The summed E-state index contributed by atoms with van der Waals surface area (Å²) < 4.78 is 34.1. The van der Waals surface area contributed by atoms with E-state index >= 15 is 0 Å². The number of nitro benzene ring substituents is 1. The smallest absolute Gasteiger partial charge is 0.405 e. The molecule has 0 aromatic heterocycles. The molecule has 0 saturated heterocycles. The minimum atomic E-state index is -4.19. The molecule has 0 bridgehead atoms. The first kappa shape index (κ1) is 29.8. The van der Waals surface area contributed by atoms with Crippen molar-refractivity contribution in [1.82, 2.24) is 4.31 Å². The number of hydrogen-bond donors (Lipinski definition) is 2. The van der Waals surface area contributed by atoms with Gasteiger partial charge in [0.1, 0.15) is 11.7 Å². The fraction of sp³-hybridized carbons (Fsp3) is 0.321. The second kappa shape index (κ2) is 12.8. The monoisotopic (exact) mass is 555 g/mol. The third-order valence-corrected chi connectivity index (χ3v) is 8.08. The number of nitrogens with two attached hydrogens (primary N) is 1. The molecular weight excluding hydrogens is 522 g/mol. The van der Waals surface area contributed by atoms with Crippen LogP contribution < -0.4 is 5.73 Å². The number of primary amides is 1. The van der Waals surface area contributed by atoms with Crippen molar-refractivity contribution in [2.75, 3.05) is 13.1 Å². The molecule has 1 atom stereocenters. The molecular formula is C28H33N3O7S. The predicted molar refractivity (Wildman–Crippen MR) is 146 cm³/mol. The largest absolute Gasteiger partial charge is 0.440 e. The molecule has 0 heterocycles. The number of hydrogen-bond acceptors (Lipinski definition) is 7. The molecule has 1 amide bonds. The van der Waals surface area contributed by atoms with Gasteiger partial charge in [-0.05, 0) is 29.2 Å². The molecule has 3 aromatic carbocycles. The fourth-order valence-electron chi connectivity index (χ4n) is 4.45. The van der Waals surface area contributed by atoms with E-state index in [1.165, 1.54) is 0 Å². The average molecular weight is 556 g/mol. The van der Waals surface area contributed by atoms with Gasteiger partial charge in [-0.2, -0.15) is 4.31 Å². The van der Waals surface area contributed by atoms with Crippen LogP contribution in [0.5, 0.6) is 0 Å². The van der Waals surface area contributed by atoms with E-state index in [4.69, 9.17) is 10.5 Å². The Morgan fingerprint density at radius 3 is 1.85 bits per heavy atom. The summed E-state index contributed by atoms with van der Waals surface area (Å²) in [7, 11) is -4.19. The lowest BCUT2D eigenvalue weighted by atomic mass is 9.82. The van der Waals surface area contributed by atoms with Crippen molar-refractivity contribution in [2.45, 2.75) is 43.3 Å². The van der Waals surface area contributed by atoms with Gasteiger partial charge in [-0.25, -0.2) is 13.2 Å². The summed E-state index contributed by atoms with van der Waals surface area (Å²) in [5.41, 5.74) is 5.15. The molecule has 0 saturated carbocycles. The second-order valence-electron chi connectivity index (χ2n) is 9.79. The SMILES string of the molecule is CC(C)CN(C[C@@H](O)C(Cc1ccccc1)(Cc1ccccc1)OC(N)=O)S(=O)(=O)c1ccc([N+](=O)[O-])cc1. The lowest BCUT2D eigenvalue weighted by molar-refractivity contribution is -0.384. The van der Waals surface area contributed by atoms with Gasteiger partial charge in [0, 0.05) is 38.1 Å². The average Bonchev–Trinajstić information content (AvgIpc) is 2.88. The summed E-state index contributed by atoms with van der Waals surface area (Å²) in [6.07, 6.45) is -2.45. The van der Waals surface area contributed by atoms with Crippen LogP contribution in [-0.2, 0) is 27.6 Å². The van der Waals surface area contributed by atoms with Gasteiger partial charge in [-0.15, -0.1) is 0 Å². The number of amides is 1. The Balaban J connectivity index is 2.05. The third-order valence-electron chi connectivity index (χ3n) is 6.23. The van der Waals surface area contributed by atoms with Crippen LogP contribution in [0.3, 0.4) is 0 Å². The highest BCUT2D eigenvalue weighted by Gasteiger charge is 2.44. The summed E-state index contributed by atoms with van der Waals surface area (Å²) in [5.74, 6) is -0.125. The quantitative estimate of drug-likeness (QED) is 0.239. The van der Waals surface area contributed by atoms with Crippen LogP contribution in [0.4, 0.5) is 10.5 Å². The standard InChI is InChI=1S/C28H33N3O7S/c1-21(2)19-30(39(36,37)25-15-13-24(14-16-25)31(34)35)20-26(32)28(38-27(29)33,17-22-9-5-3-6-10-22)18-23-11-7-4-8-12-23/h3-16,21,26,32H,17-20H2,1-2H3,(H2,29,33)/t26-/m1/s1. The molecule has 0 aliphatic carbocycles. The van der Waals surface area contributed by atoms with Crippen LogP contribution in [0.15, 0.2) is 89.8 Å². The first-order valence-corrected chi connectivity index (χ1v) is 13.9. The van der Waals surface area contributed by atoms with Gasteiger partial charge < -0.3 is 15.6 Å². The first-order chi connectivity index (χ1) is 18.4.